The SMILES string of the molecule is CC(N)Cc1cnc(-c2ccc(F)cn2)nc1. The molecule has 0 aliphatic heterocycles. The molecule has 0 fully saturated rings. The molecule has 0 aliphatic carbocycles. The highest BCUT2D eigenvalue weighted by atomic mass is 19.1. The van der Waals surface area contributed by atoms with Crippen molar-refractivity contribution in [2.45, 2.75) is 19.4 Å². The van der Waals surface area contributed by atoms with Crippen molar-refractivity contribution in [2.75, 3.05) is 0 Å². The smallest absolute Gasteiger partial charge is 0.178 e. The second kappa shape index (κ2) is 4.97. The maximum atomic E-state index is 12.7. The quantitative estimate of drug-likeness (QED) is 0.872. The molecule has 2 aromatic rings. The third kappa shape index (κ3) is 3.04. The Morgan fingerprint density at radius 1 is 1.18 bits per heavy atom. The minimum Gasteiger partial charge on any atom is -0.328 e. The van der Waals surface area contributed by atoms with E-state index in [2.05, 4.69) is 15.0 Å². The van der Waals surface area contributed by atoms with Gasteiger partial charge in [0.05, 0.1) is 6.20 Å². The molecule has 2 heterocycles. The molecule has 2 N–H and O–H groups in total. The van der Waals surface area contributed by atoms with E-state index in [1.165, 1.54) is 6.07 Å². The van der Waals surface area contributed by atoms with Crippen LogP contribution in [0, 0.1) is 5.82 Å². The molecule has 2 rings (SSSR count). The van der Waals surface area contributed by atoms with Crippen LogP contribution >= 0.6 is 0 Å². The molecule has 0 aliphatic rings. The van der Waals surface area contributed by atoms with E-state index < -0.39 is 0 Å². The van der Waals surface area contributed by atoms with Crippen LogP contribution in [-0.4, -0.2) is 21.0 Å². The second-order valence-corrected chi connectivity index (χ2v) is 3.96. The average Bonchev–Trinajstić information content (AvgIpc) is 2.30. The third-order valence-electron chi connectivity index (χ3n) is 2.22. The number of pyridine rings is 1. The number of aromatic nitrogens is 3. The summed E-state index contributed by atoms with van der Waals surface area (Å²) in [5, 5.41) is 0. The van der Waals surface area contributed by atoms with Crippen LogP contribution in [0.1, 0.15) is 12.5 Å². The van der Waals surface area contributed by atoms with Gasteiger partial charge in [0, 0.05) is 18.4 Å². The zero-order valence-electron chi connectivity index (χ0n) is 9.47. The third-order valence-corrected chi connectivity index (χ3v) is 2.22. The normalized spacial score (nSPS) is 12.4. The minimum atomic E-state index is -0.373. The Kier molecular flexibility index (Phi) is 3.39. The van der Waals surface area contributed by atoms with E-state index in [4.69, 9.17) is 5.73 Å². The molecular formula is C12H13FN4. The molecule has 0 aromatic carbocycles. The first-order chi connectivity index (χ1) is 8.15. The highest BCUT2D eigenvalue weighted by Gasteiger charge is 2.04. The summed E-state index contributed by atoms with van der Waals surface area (Å²) in [5.74, 6) is 0.112. The van der Waals surface area contributed by atoms with Gasteiger partial charge < -0.3 is 5.73 Å². The molecule has 17 heavy (non-hydrogen) atoms. The largest absolute Gasteiger partial charge is 0.328 e. The van der Waals surface area contributed by atoms with Crippen LogP contribution < -0.4 is 5.73 Å². The van der Waals surface area contributed by atoms with Crippen molar-refractivity contribution in [1.82, 2.24) is 15.0 Å². The fourth-order valence-corrected chi connectivity index (χ4v) is 1.47. The van der Waals surface area contributed by atoms with Gasteiger partial charge in [-0.2, -0.15) is 0 Å². The number of rotatable bonds is 3. The van der Waals surface area contributed by atoms with Gasteiger partial charge in [0.1, 0.15) is 11.5 Å². The average molecular weight is 232 g/mol. The van der Waals surface area contributed by atoms with Gasteiger partial charge >= 0.3 is 0 Å². The zero-order chi connectivity index (χ0) is 12.3. The van der Waals surface area contributed by atoms with Crippen LogP contribution in [0.4, 0.5) is 4.39 Å². The van der Waals surface area contributed by atoms with Crippen LogP contribution in [0.25, 0.3) is 11.5 Å². The van der Waals surface area contributed by atoms with Gasteiger partial charge in [-0.15, -0.1) is 0 Å². The zero-order valence-corrected chi connectivity index (χ0v) is 9.47. The first-order valence-electron chi connectivity index (χ1n) is 5.33. The monoisotopic (exact) mass is 232 g/mol. The molecule has 0 spiro atoms. The van der Waals surface area contributed by atoms with E-state index in [1.54, 1.807) is 18.5 Å². The Morgan fingerprint density at radius 2 is 1.88 bits per heavy atom. The Morgan fingerprint density at radius 3 is 2.41 bits per heavy atom. The van der Waals surface area contributed by atoms with Gasteiger partial charge in [-0.25, -0.2) is 19.3 Å². The molecule has 2 aromatic heterocycles. The molecule has 0 saturated carbocycles. The van der Waals surface area contributed by atoms with E-state index in [0.29, 0.717) is 11.5 Å². The summed E-state index contributed by atoms with van der Waals surface area (Å²) in [6, 6.07) is 2.96. The van der Waals surface area contributed by atoms with Gasteiger partial charge in [0.2, 0.25) is 0 Å². The van der Waals surface area contributed by atoms with Crippen molar-refractivity contribution in [3.05, 3.63) is 42.1 Å². The van der Waals surface area contributed by atoms with E-state index in [-0.39, 0.29) is 11.9 Å². The van der Waals surface area contributed by atoms with E-state index in [1.807, 2.05) is 6.92 Å². The molecule has 0 saturated heterocycles. The molecule has 1 atom stereocenters. The topological polar surface area (TPSA) is 64.7 Å². The van der Waals surface area contributed by atoms with Gasteiger partial charge in [-0.3, -0.25) is 0 Å². The van der Waals surface area contributed by atoms with Gasteiger partial charge in [0.25, 0.3) is 0 Å². The van der Waals surface area contributed by atoms with E-state index in [9.17, 15) is 4.39 Å². The second-order valence-electron chi connectivity index (χ2n) is 3.96. The van der Waals surface area contributed by atoms with Crippen molar-refractivity contribution in [2.24, 2.45) is 5.73 Å². The highest BCUT2D eigenvalue weighted by Crippen LogP contribution is 2.11. The Balaban J connectivity index is 2.20. The van der Waals surface area contributed by atoms with Crippen molar-refractivity contribution < 1.29 is 4.39 Å². The summed E-state index contributed by atoms with van der Waals surface area (Å²) in [7, 11) is 0. The van der Waals surface area contributed by atoms with Gasteiger partial charge in [-0.05, 0) is 31.0 Å². The maximum Gasteiger partial charge on any atom is 0.178 e. The molecule has 0 bridgehead atoms. The number of hydrogen-bond donors (Lipinski definition) is 1. The Labute approximate surface area is 98.7 Å². The summed E-state index contributed by atoms with van der Waals surface area (Å²) in [6.45, 7) is 1.93. The molecule has 4 nitrogen and oxygen atoms in total. The Bertz CT molecular complexity index is 479. The maximum absolute atomic E-state index is 12.7. The van der Waals surface area contributed by atoms with Crippen LogP contribution in [-0.2, 0) is 6.42 Å². The molecular weight excluding hydrogens is 219 g/mol. The Hall–Kier alpha value is -1.88. The van der Waals surface area contributed by atoms with Crippen LogP contribution in [0.15, 0.2) is 30.7 Å². The van der Waals surface area contributed by atoms with Crippen molar-refractivity contribution in [3.8, 4) is 11.5 Å². The van der Waals surface area contributed by atoms with Crippen LogP contribution in [0.3, 0.4) is 0 Å². The summed E-state index contributed by atoms with van der Waals surface area (Å²) < 4.78 is 12.7. The van der Waals surface area contributed by atoms with Crippen LogP contribution in [0.2, 0.25) is 0 Å². The van der Waals surface area contributed by atoms with Gasteiger partial charge in [-0.1, -0.05) is 0 Å². The number of nitrogens with zero attached hydrogens (tertiary/aromatic N) is 3. The molecule has 0 radical (unpaired) electrons. The summed E-state index contributed by atoms with van der Waals surface area (Å²) in [6.07, 6.45) is 5.32. The predicted molar refractivity (Wildman–Crippen MR) is 62.6 cm³/mol. The summed E-state index contributed by atoms with van der Waals surface area (Å²) in [4.78, 5) is 12.3. The predicted octanol–water partition coefficient (Wildman–Crippen LogP) is 1.57. The van der Waals surface area contributed by atoms with Crippen molar-refractivity contribution >= 4 is 0 Å². The molecule has 88 valence electrons. The lowest BCUT2D eigenvalue weighted by Crippen LogP contribution is -2.18. The number of halogens is 1. The fraction of sp³-hybridized carbons (Fsp3) is 0.250. The first kappa shape index (κ1) is 11.6. The highest BCUT2D eigenvalue weighted by molar-refractivity contribution is 5.47. The van der Waals surface area contributed by atoms with E-state index >= 15 is 0 Å². The first-order valence-corrected chi connectivity index (χ1v) is 5.33. The fourth-order valence-electron chi connectivity index (χ4n) is 1.47. The van der Waals surface area contributed by atoms with E-state index in [0.717, 1.165) is 18.2 Å². The molecule has 1 unspecified atom stereocenters. The lowest BCUT2D eigenvalue weighted by atomic mass is 10.1. The van der Waals surface area contributed by atoms with Crippen molar-refractivity contribution in [3.63, 3.8) is 0 Å². The standard InChI is InChI=1S/C12H13FN4/c1-8(14)4-9-5-16-12(17-6-9)11-3-2-10(13)7-15-11/h2-3,5-8H,4,14H2,1H3. The lowest BCUT2D eigenvalue weighted by molar-refractivity contribution is 0.621. The summed E-state index contributed by atoms with van der Waals surface area (Å²) in [5.41, 5.74) is 7.21. The number of hydrogen-bond acceptors (Lipinski definition) is 4. The molecule has 5 heteroatoms. The van der Waals surface area contributed by atoms with Crippen molar-refractivity contribution in [1.29, 1.82) is 0 Å². The minimum absolute atomic E-state index is 0.0772. The molecule has 0 amide bonds. The summed E-state index contributed by atoms with van der Waals surface area (Å²) >= 11 is 0. The number of nitrogens with two attached hydrogens (primary N) is 1. The van der Waals surface area contributed by atoms with Crippen LogP contribution in [0.5, 0.6) is 0 Å². The van der Waals surface area contributed by atoms with Gasteiger partial charge in [0.15, 0.2) is 5.82 Å². The lowest BCUT2D eigenvalue weighted by Gasteiger charge is -2.04.